The molecule has 4 atom stereocenters. The number of alkyl halides is 3. The van der Waals surface area contributed by atoms with Crippen LogP contribution in [0.25, 0.3) is 0 Å². The van der Waals surface area contributed by atoms with Crippen molar-refractivity contribution >= 4 is 50.9 Å². The Balaban J connectivity index is 1.85. The number of carbonyl (C=O) groups excluding carboxylic acids is 2. The van der Waals surface area contributed by atoms with Gasteiger partial charge in [0.15, 0.2) is 9.75 Å². The minimum atomic E-state index is -1.95. The number of likely N-dealkylation sites (tertiary alicyclic amines) is 1. The molecule has 33 heavy (non-hydrogen) atoms. The molecule has 2 amide bonds. The van der Waals surface area contributed by atoms with Crippen molar-refractivity contribution in [1.29, 1.82) is 0 Å². The predicted octanol–water partition coefficient (Wildman–Crippen LogP) is 1.71. The number of halogens is 3. The lowest BCUT2D eigenvalue weighted by atomic mass is 9.64. The second kappa shape index (κ2) is 7.10. The average Bonchev–Trinajstić information content (AvgIpc) is 3.09. The summed E-state index contributed by atoms with van der Waals surface area (Å²) in [5.74, 6) is -2.48. The summed E-state index contributed by atoms with van der Waals surface area (Å²) in [6.07, 6.45) is 1.55. The zero-order chi connectivity index (χ0) is 24.0. The highest BCUT2D eigenvalue weighted by atomic mass is 79.9. The molecule has 3 heterocycles. The lowest BCUT2D eigenvalue weighted by molar-refractivity contribution is -0.138. The Labute approximate surface area is 205 Å². The van der Waals surface area contributed by atoms with E-state index in [0.717, 1.165) is 9.47 Å². The number of aryl methyl sites for hydroxylation is 1. The number of para-hydroxylation sites is 1. The molecule has 1 aromatic heterocycles. The molecule has 9 nitrogen and oxygen atoms in total. The number of fused-ring (bicyclic) bond motifs is 4. The first-order valence-corrected chi connectivity index (χ1v) is 12.0. The van der Waals surface area contributed by atoms with Crippen LogP contribution < -0.4 is 11.4 Å². The Bertz CT molecular complexity index is 1390. The van der Waals surface area contributed by atoms with Crippen LogP contribution in [0.3, 0.4) is 0 Å². The molecule has 2 fully saturated rings. The molecule has 12 heteroatoms. The molecule has 1 N–H and O–H groups in total. The number of rotatable bonds is 2. The maximum Gasteiger partial charge on any atom is 0.347 e. The van der Waals surface area contributed by atoms with Crippen LogP contribution in [0.4, 0.5) is 0 Å². The van der Waals surface area contributed by atoms with E-state index in [2.05, 4.69) is 15.9 Å². The number of amides is 2. The van der Waals surface area contributed by atoms with E-state index in [4.69, 9.17) is 23.2 Å². The van der Waals surface area contributed by atoms with Crippen LogP contribution in [0.1, 0.15) is 29.5 Å². The topological polar surface area (TPSA) is 107 Å². The summed E-state index contributed by atoms with van der Waals surface area (Å²) >= 11 is 17.2. The Morgan fingerprint density at radius 2 is 1.85 bits per heavy atom. The van der Waals surface area contributed by atoms with Crippen molar-refractivity contribution in [1.82, 2.24) is 18.8 Å². The van der Waals surface area contributed by atoms with Gasteiger partial charge in [-0.15, -0.1) is 23.2 Å². The monoisotopic (exact) mass is 556 g/mol. The summed E-state index contributed by atoms with van der Waals surface area (Å²) in [5, 5.41) is 11.0. The minimum absolute atomic E-state index is 0.0658. The summed E-state index contributed by atoms with van der Waals surface area (Å²) < 4.78 is 3.52. The molecule has 174 valence electrons. The summed E-state index contributed by atoms with van der Waals surface area (Å²) in [6.45, 7) is 1.77. The largest absolute Gasteiger partial charge is 0.507 e. The number of benzene rings is 1. The van der Waals surface area contributed by atoms with Gasteiger partial charge in [-0.2, -0.15) is 0 Å². The van der Waals surface area contributed by atoms with Gasteiger partial charge in [0.1, 0.15) is 5.75 Å². The van der Waals surface area contributed by atoms with Crippen LogP contribution in [0.5, 0.6) is 5.75 Å². The molecule has 1 saturated heterocycles. The molecule has 0 radical (unpaired) electrons. The van der Waals surface area contributed by atoms with Gasteiger partial charge in [-0.1, -0.05) is 40.2 Å². The SMILES string of the molecule is Cc1cccc(C2C3=CCn4c(=O)n(C)c(=O)n4C3CC3(Cl)C(=O)N(CBr)C(=O)C23Cl)c1O. The van der Waals surface area contributed by atoms with E-state index in [-0.39, 0.29) is 24.2 Å². The normalized spacial score (nSPS) is 30.7. The second-order valence-corrected chi connectivity index (χ2v) is 10.3. The van der Waals surface area contributed by atoms with Crippen molar-refractivity contribution in [3.05, 3.63) is 61.9 Å². The fourth-order valence-electron chi connectivity index (χ4n) is 5.38. The Morgan fingerprint density at radius 1 is 1.15 bits per heavy atom. The van der Waals surface area contributed by atoms with E-state index >= 15 is 0 Å². The van der Waals surface area contributed by atoms with Gasteiger partial charge in [-0.25, -0.2) is 23.5 Å². The van der Waals surface area contributed by atoms with Crippen LogP contribution >= 0.6 is 39.1 Å². The van der Waals surface area contributed by atoms with Crippen molar-refractivity contribution in [3.63, 3.8) is 0 Å². The Morgan fingerprint density at radius 3 is 2.52 bits per heavy atom. The number of phenols is 1. The molecule has 1 aliphatic carbocycles. The molecule has 2 aliphatic heterocycles. The van der Waals surface area contributed by atoms with Gasteiger partial charge in [0, 0.05) is 24.9 Å². The maximum atomic E-state index is 13.6. The smallest absolute Gasteiger partial charge is 0.347 e. The van der Waals surface area contributed by atoms with Gasteiger partial charge in [-0.05, 0) is 18.1 Å². The minimum Gasteiger partial charge on any atom is -0.507 e. The fourth-order valence-corrected chi connectivity index (χ4v) is 6.78. The van der Waals surface area contributed by atoms with Crippen molar-refractivity contribution in [2.45, 2.75) is 41.6 Å². The van der Waals surface area contributed by atoms with E-state index < -0.39 is 44.9 Å². The summed E-state index contributed by atoms with van der Waals surface area (Å²) in [5.41, 5.74) is 0.233. The van der Waals surface area contributed by atoms with Gasteiger partial charge in [0.2, 0.25) is 0 Å². The second-order valence-electron chi connectivity index (χ2n) is 8.59. The maximum absolute atomic E-state index is 13.6. The van der Waals surface area contributed by atoms with Crippen molar-refractivity contribution in [3.8, 4) is 5.75 Å². The van der Waals surface area contributed by atoms with Crippen molar-refractivity contribution in [2.75, 3.05) is 5.45 Å². The lowest BCUT2D eigenvalue weighted by Gasteiger charge is -2.49. The zero-order valence-corrected chi connectivity index (χ0v) is 20.7. The number of phenolic OH excluding ortho intramolecular Hbond substituents is 1. The molecule has 3 aliphatic rings. The third kappa shape index (κ3) is 2.54. The molecular weight excluding hydrogens is 539 g/mol. The third-order valence-electron chi connectivity index (χ3n) is 7.05. The number of carbonyl (C=O) groups is 2. The van der Waals surface area contributed by atoms with Gasteiger partial charge in [0.25, 0.3) is 11.8 Å². The number of hydrogen-bond acceptors (Lipinski definition) is 5. The molecule has 0 spiro atoms. The first kappa shape index (κ1) is 22.5. The summed E-state index contributed by atoms with van der Waals surface area (Å²) in [7, 11) is 1.37. The highest BCUT2D eigenvalue weighted by Gasteiger charge is 2.75. The van der Waals surface area contributed by atoms with Crippen LogP contribution in [0.15, 0.2) is 39.4 Å². The number of hydrogen-bond donors (Lipinski definition) is 1. The molecule has 5 rings (SSSR count). The highest BCUT2D eigenvalue weighted by molar-refractivity contribution is 9.09. The van der Waals surface area contributed by atoms with Gasteiger partial charge in [-0.3, -0.25) is 14.5 Å². The molecule has 4 unspecified atom stereocenters. The van der Waals surface area contributed by atoms with Crippen LogP contribution in [-0.2, 0) is 23.2 Å². The summed E-state index contributed by atoms with van der Waals surface area (Å²) in [6, 6.07) is 4.22. The number of imide groups is 1. The van der Waals surface area contributed by atoms with Crippen LogP contribution in [0, 0.1) is 6.92 Å². The molecule has 0 bridgehead atoms. The fraction of sp³-hybridized carbons (Fsp3) is 0.429. The first-order valence-electron chi connectivity index (χ1n) is 10.2. The lowest BCUT2D eigenvalue weighted by Crippen LogP contribution is -2.59. The zero-order valence-electron chi connectivity index (χ0n) is 17.6. The van der Waals surface area contributed by atoms with E-state index in [9.17, 15) is 24.3 Å². The van der Waals surface area contributed by atoms with Crippen LogP contribution in [0.2, 0.25) is 0 Å². The Kier molecular flexibility index (Phi) is 4.84. The highest BCUT2D eigenvalue weighted by Crippen LogP contribution is 2.64. The van der Waals surface area contributed by atoms with E-state index in [1.165, 1.54) is 16.4 Å². The van der Waals surface area contributed by atoms with E-state index in [0.29, 0.717) is 16.7 Å². The molecule has 1 saturated carbocycles. The van der Waals surface area contributed by atoms with Crippen molar-refractivity contribution in [2.24, 2.45) is 7.05 Å². The molecule has 2 aromatic rings. The predicted molar refractivity (Wildman–Crippen MR) is 124 cm³/mol. The van der Waals surface area contributed by atoms with Gasteiger partial charge in [0.05, 0.1) is 18.0 Å². The average molecular weight is 558 g/mol. The first-order chi connectivity index (χ1) is 15.5. The number of nitrogens with zero attached hydrogens (tertiary/aromatic N) is 4. The standard InChI is InChI=1S/C21H19BrCl2N4O5/c1-10-4-3-5-12(15(10)29)14-11-6-7-27-18(32)25(2)19(33)28(27)13(11)8-20(23)16(30)26(9-22)17(31)21(14,20)24/h3-6,13-14,29H,7-9H2,1-2H3. The number of aromatic nitrogens is 3. The molecule has 1 aromatic carbocycles. The van der Waals surface area contributed by atoms with Crippen LogP contribution in [-0.4, -0.2) is 51.0 Å². The molecular formula is C21H19BrCl2N4O5. The quantitative estimate of drug-likeness (QED) is 0.262. The summed E-state index contributed by atoms with van der Waals surface area (Å²) in [4.78, 5) is 49.6. The number of aromatic hydroxyl groups is 1. The van der Waals surface area contributed by atoms with E-state index in [1.54, 1.807) is 31.2 Å². The van der Waals surface area contributed by atoms with Gasteiger partial charge >= 0.3 is 11.4 Å². The number of allylic oxidation sites excluding steroid dienone is 2. The third-order valence-corrected chi connectivity index (χ3v) is 8.97. The van der Waals surface area contributed by atoms with Gasteiger partial charge < -0.3 is 5.11 Å². The van der Waals surface area contributed by atoms with Crippen molar-refractivity contribution < 1.29 is 14.7 Å². The Hall–Kier alpha value is -2.30. The van der Waals surface area contributed by atoms with E-state index in [1.807, 2.05) is 0 Å².